The lowest BCUT2D eigenvalue weighted by molar-refractivity contribution is -0.229. The molecule has 0 N–H and O–H groups in total. The SMILES string of the molecule is CC1C(OC(=O)c2ccccc2)OC(c2nc3ncccn3n2)[C@@H](C)[C@@H]1C. The molecule has 140 valence electrons. The van der Waals surface area contributed by atoms with Gasteiger partial charge in [-0.2, -0.15) is 4.98 Å². The molecule has 0 amide bonds. The van der Waals surface area contributed by atoms with Crippen LogP contribution in [0.2, 0.25) is 0 Å². The Hall–Kier alpha value is -2.80. The monoisotopic (exact) mass is 366 g/mol. The molecule has 5 atom stereocenters. The van der Waals surface area contributed by atoms with Gasteiger partial charge in [-0.15, -0.1) is 5.10 Å². The Morgan fingerprint density at radius 1 is 1.07 bits per heavy atom. The Morgan fingerprint density at radius 2 is 1.85 bits per heavy atom. The summed E-state index contributed by atoms with van der Waals surface area (Å²) in [5, 5.41) is 4.50. The minimum absolute atomic E-state index is 0.0547. The van der Waals surface area contributed by atoms with Crippen molar-refractivity contribution in [3.8, 4) is 0 Å². The highest BCUT2D eigenvalue weighted by Gasteiger charge is 2.43. The average Bonchev–Trinajstić information content (AvgIpc) is 3.13. The number of esters is 1. The fraction of sp³-hybridized carbons (Fsp3) is 0.400. The van der Waals surface area contributed by atoms with Gasteiger partial charge in [-0.05, 0) is 30.0 Å². The third-order valence-corrected chi connectivity index (χ3v) is 5.47. The van der Waals surface area contributed by atoms with Crippen LogP contribution in [0.15, 0.2) is 48.8 Å². The maximum atomic E-state index is 12.5. The number of carbonyl (C=O) groups excluding carboxylic acids is 1. The number of benzene rings is 1. The van der Waals surface area contributed by atoms with Crippen molar-refractivity contribution in [3.05, 3.63) is 60.2 Å². The standard InChI is InChI=1S/C20H22N4O3/c1-12-13(2)16(17-22-20-21-10-7-11-24(20)23-17)26-19(14(12)3)27-18(25)15-8-5-4-6-9-15/h4-14,16,19H,1-3H3/t12-,13-,14?,16?,19?/m0/s1. The summed E-state index contributed by atoms with van der Waals surface area (Å²) in [5.41, 5.74) is 0.506. The Balaban J connectivity index is 1.58. The Bertz CT molecular complexity index is 910. The molecule has 3 unspecified atom stereocenters. The molecule has 4 rings (SSSR count). The highest BCUT2D eigenvalue weighted by Crippen LogP contribution is 2.42. The summed E-state index contributed by atoms with van der Waals surface area (Å²) in [6.45, 7) is 6.29. The molecule has 0 saturated carbocycles. The smallest absolute Gasteiger partial charge is 0.340 e. The topological polar surface area (TPSA) is 78.6 Å². The van der Waals surface area contributed by atoms with Gasteiger partial charge >= 0.3 is 5.97 Å². The van der Waals surface area contributed by atoms with Crippen LogP contribution >= 0.6 is 0 Å². The van der Waals surface area contributed by atoms with Crippen LogP contribution in [0.3, 0.4) is 0 Å². The molecule has 1 aliphatic heterocycles. The summed E-state index contributed by atoms with van der Waals surface area (Å²) in [4.78, 5) is 21.2. The highest BCUT2D eigenvalue weighted by atomic mass is 16.7. The molecule has 27 heavy (non-hydrogen) atoms. The minimum atomic E-state index is -0.659. The van der Waals surface area contributed by atoms with Crippen molar-refractivity contribution in [2.45, 2.75) is 33.2 Å². The average molecular weight is 366 g/mol. The molecule has 0 aliphatic carbocycles. The van der Waals surface area contributed by atoms with Crippen LogP contribution in [0.1, 0.15) is 43.1 Å². The van der Waals surface area contributed by atoms with Gasteiger partial charge < -0.3 is 9.47 Å². The first-order chi connectivity index (χ1) is 13.0. The second-order valence-electron chi connectivity index (χ2n) is 7.11. The molecule has 0 spiro atoms. The summed E-state index contributed by atoms with van der Waals surface area (Å²) in [6.07, 6.45) is 2.44. The Morgan fingerprint density at radius 3 is 2.59 bits per heavy atom. The highest BCUT2D eigenvalue weighted by molar-refractivity contribution is 5.89. The van der Waals surface area contributed by atoms with Crippen LogP contribution in [-0.2, 0) is 9.47 Å². The zero-order chi connectivity index (χ0) is 19.0. The molecule has 1 saturated heterocycles. The van der Waals surface area contributed by atoms with Gasteiger partial charge in [-0.3, -0.25) is 0 Å². The Kier molecular flexibility index (Phi) is 4.61. The van der Waals surface area contributed by atoms with Crippen LogP contribution in [0.4, 0.5) is 0 Å². The molecular weight excluding hydrogens is 344 g/mol. The van der Waals surface area contributed by atoms with Gasteiger partial charge in [-0.25, -0.2) is 14.3 Å². The number of carbonyl (C=O) groups is 1. The number of ether oxygens (including phenoxy) is 2. The predicted octanol–water partition coefficient (Wildman–Crippen LogP) is 3.29. The van der Waals surface area contributed by atoms with E-state index >= 15 is 0 Å². The quantitative estimate of drug-likeness (QED) is 0.662. The first kappa shape index (κ1) is 17.6. The van der Waals surface area contributed by atoms with Gasteiger partial charge in [-0.1, -0.05) is 39.0 Å². The summed E-state index contributed by atoms with van der Waals surface area (Å²) >= 11 is 0. The summed E-state index contributed by atoms with van der Waals surface area (Å²) in [6, 6.07) is 10.7. The lowest BCUT2D eigenvalue weighted by Crippen LogP contribution is -2.43. The first-order valence-electron chi connectivity index (χ1n) is 9.13. The number of rotatable bonds is 3. The van der Waals surface area contributed by atoms with Gasteiger partial charge in [0.2, 0.25) is 6.29 Å². The third kappa shape index (κ3) is 3.30. The van der Waals surface area contributed by atoms with Crippen LogP contribution < -0.4 is 0 Å². The van der Waals surface area contributed by atoms with E-state index < -0.39 is 12.3 Å². The molecule has 0 bridgehead atoms. The van der Waals surface area contributed by atoms with E-state index in [2.05, 4.69) is 28.9 Å². The maximum absolute atomic E-state index is 12.5. The van der Waals surface area contributed by atoms with Gasteiger partial charge in [0, 0.05) is 18.3 Å². The van der Waals surface area contributed by atoms with Crippen molar-refractivity contribution in [2.24, 2.45) is 17.8 Å². The molecule has 1 aliphatic rings. The van der Waals surface area contributed by atoms with E-state index in [9.17, 15) is 4.79 Å². The van der Waals surface area contributed by atoms with Gasteiger partial charge in [0.25, 0.3) is 5.78 Å². The van der Waals surface area contributed by atoms with Gasteiger partial charge in [0.05, 0.1) is 5.56 Å². The van der Waals surface area contributed by atoms with Gasteiger partial charge in [0.15, 0.2) is 5.82 Å². The number of aromatic nitrogens is 4. The third-order valence-electron chi connectivity index (χ3n) is 5.47. The van der Waals surface area contributed by atoms with E-state index in [1.807, 2.05) is 25.1 Å². The van der Waals surface area contributed by atoms with Crippen molar-refractivity contribution in [1.82, 2.24) is 19.6 Å². The molecule has 3 aromatic rings. The van der Waals surface area contributed by atoms with E-state index in [1.165, 1.54) is 0 Å². The van der Waals surface area contributed by atoms with Crippen LogP contribution in [0, 0.1) is 17.8 Å². The van der Waals surface area contributed by atoms with Crippen molar-refractivity contribution < 1.29 is 14.3 Å². The van der Waals surface area contributed by atoms with Crippen LogP contribution in [-0.4, -0.2) is 31.8 Å². The molecule has 0 radical (unpaired) electrons. The maximum Gasteiger partial charge on any atom is 0.340 e. The number of hydrogen-bond donors (Lipinski definition) is 0. The molecule has 3 heterocycles. The van der Waals surface area contributed by atoms with E-state index in [0.717, 1.165) is 0 Å². The number of hydrogen-bond acceptors (Lipinski definition) is 6. The van der Waals surface area contributed by atoms with E-state index in [4.69, 9.17) is 9.47 Å². The summed E-state index contributed by atoms with van der Waals surface area (Å²) in [5.74, 6) is 1.17. The fourth-order valence-electron chi connectivity index (χ4n) is 3.44. The molecule has 2 aromatic heterocycles. The second kappa shape index (κ2) is 7.08. The molecule has 7 nitrogen and oxygen atoms in total. The lowest BCUT2D eigenvalue weighted by Gasteiger charge is -2.41. The molecular formula is C20H22N4O3. The lowest BCUT2D eigenvalue weighted by atomic mass is 9.78. The number of fused-ring (bicyclic) bond motifs is 1. The zero-order valence-corrected chi connectivity index (χ0v) is 15.5. The zero-order valence-electron chi connectivity index (χ0n) is 15.5. The fourth-order valence-corrected chi connectivity index (χ4v) is 3.44. The molecule has 7 heteroatoms. The normalized spacial score (nSPS) is 28.2. The molecule has 1 fully saturated rings. The van der Waals surface area contributed by atoms with Crippen LogP contribution in [0.25, 0.3) is 5.78 Å². The minimum Gasteiger partial charge on any atom is -0.432 e. The van der Waals surface area contributed by atoms with E-state index in [-0.39, 0.29) is 23.9 Å². The van der Waals surface area contributed by atoms with Crippen molar-refractivity contribution in [2.75, 3.05) is 0 Å². The van der Waals surface area contributed by atoms with E-state index in [0.29, 0.717) is 17.2 Å². The summed E-state index contributed by atoms with van der Waals surface area (Å²) < 4.78 is 13.5. The molecule has 1 aromatic carbocycles. The first-order valence-corrected chi connectivity index (χ1v) is 9.13. The van der Waals surface area contributed by atoms with Crippen LogP contribution in [0.5, 0.6) is 0 Å². The van der Waals surface area contributed by atoms with Gasteiger partial charge in [0.1, 0.15) is 6.10 Å². The largest absolute Gasteiger partial charge is 0.432 e. The van der Waals surface area contributed by atoms with Crippen molar-refractivity contribution in [3.63, 3.8) is 0 Å². The van der Waals surface area contributed by atoms with Crippen molar-refractivity contribution in [1.29, 1.82) is 0 Å². The Labute approximate surface area is 157 Å². The summed E-state index contributed by atoms with van der Waals surface area (Å²) in [7, 11) is 0. The number of nitrogens with zero attached hydrogens (tertiary/aromatic N) is 4. The van der Waals surface area contributed by atoms with E-state index in [1.54, 1.807) is 35.1 Å². The predicted molar refractivity (Wildman–Crippen MR) is 97.7 cm³/mol. The second-order valence-corrected chi connectivity index (χ2v) is 7.11. The van der Waals surface area contributed by atoms with Crippen molar-refractivity contribution >= 4 is 11.7 Å².